The molecular formula is C17H25BrO. The molecule has 1 aliphatic carbocycles. The fraction of sp³-hybridized carbons (Fsp3) is 0.647. The number of ether oxygens (including phenoxy) is 1. The van der Waals surface area contributed by atoms with E-state index in [-0.39, 0.29) is 0 Å². The summed E-state index contributed by atoms with van der Waals surface area (Å²) in [6.45, 7) is 0. The lowest BCUT2D eigenvalue weighted by atomic mass is 9.83. The molecule has 0 saturated heterocycles. The summed E-state index contributed by atoms with van der Waals surface area (Å²) in [5.74, 6) is 2.67. The van der Waals surface area contributed by atoms with Gasteiger partial charge in [0.1, 0.15) is 5.75 Å². The SMILES string of the molecule is COc1ccccc1CC(CBr)C1CCCCCC1. The quantitative estimate of drug-likeness (QED) is 0.533. The maximum atomic E-state index is 5.49. The zero-order chi connectivity index (χ0) is 13.5. The van der Waals surface area contributed by atoms with E-state index in [0.717, 1.165) is 29.3 Å². The fourth-order valence-corrected chi connectivity index (χ4v) is 4.04. The number of methoxy groups -OCH3 is 1. The van der Waals surface area contributed by atoms with E-state index in [2.05, 4.69) is 40.2 Å². The summed E-state index contributed by atoms with van der Waals surface area (Å²) >= 11 is 3.74. The molecule has 2 heteroatoms. The van der Waals surface area contributed by atoms with Crippen molar-refractivity contribution in [1.82, 2.24) is 0 Å². The van der Waals surface area contributed by atoms with E-state index in [0.29, 0.717) is 0 Å². The molecule has 0 N–H and O–H groups in total. The minimum atomic E-state index is 0.745. The Labute approximate surface area is 125 Å². The summed E-state index contributed by atoms with van der Waals surface area (Å²) in [6.07, 6.45) is 9.65. The minimum absolute atomic E-state index is 0.745. The van der Waals surface area contributed by atoms with Crippen molar-refractivity contribution >= 4 is 15.9 Å². The van der Waals surface area contributed by atoms with Crippen LogP contribution in [-0.4, -0.2) is 12.4 Å². The van der Waals surface area contributed by atoms with Crippen LogP contribution in [0.1, 0.15) is 44.1 Å². The van der Waals surface area contributed by atoms with Gasteiger partial charge in [-0.3, -0.25) is 0 Å². The highest BCUT2D eigenvalue weighted by molar-refractivity contribution is 9.09. The van der Waals surface area contributed by atoms with E-state index in [1.807, 2.05) is 0 Å². The molecule has 0 amide bonds. The van der Waals surface area contributed by atoms with Gasteiger partial charge in [-0.1, -0.05) is 72.7 Å². The highest BCUT2D eigenvalue weighted by Gasteiger charge is 2.23. The van der Waals surface area contributed by atoms with Gasteiger partial charge in [0.15, 0.2) is 0 Å². The standard InChI is InChI=1S/C17H25BrO/c1-19-17-11-7-6-10-15(17)12-16(13-18)14-8-4-2-3-5-9-14/h6-7,10-11,14,16H,2-5,8-9,12-13H2,1H3. The molecule has 0 bridgehead atoms. The summed E-state index contributed by atoms with van der Waals surface area (Å²) in [6, 6.07) is 8.46. The van der Waals surface area contributed by atoms with Crippen LogP contribution < -0.4 is 4.74 Å². The predicted octanol–water partition coefficient (Wildman–Crippen LogP) is 5.22. The first kappa shape index (κ1) is 14.9. The lowest BCUT2D eigenvalue weighted by Crippen LogP contribution is -2.18. The summed E-state index contributed by atoms with van der Waals surface area (Å²) in [5.41, 5.74) is 1.36. The monoisotopic (exact) mass is 324 g/mol. The lowest BCUT2D eigenvalue weighted by Gasteiger charge is -2.25. The van der Waals surface area contributed by atoms with Gasteiger partial charge in [-0.05, 0) is 29.9 Å². The number of para-hydroxylation sites is 1. The van der Waals surface area contributed by atoms with Gasteiger partial charge >= 0.3 is 0 Å². The second-order valence-electron chi connectivity index (χ2n) is 5.68. The van der Waals surface area contributed by atoms with E-state index in [1.165, 1.54) is 44.1 Å². The fourth-order valence-electron chi connectivity index (χ4n) is 3.28. The van der Waals surface area contributed by atoms with Gasteiger partial charge in [-0.15, -0.1) is 0 Å². The van der Waals surface area contributed by atoms with Crippen molar-refractivity contribution in [3.63, 3.8) is 0 Å². The topological polar surface area (TPSA) is 9.23 Å². The Morgan fingerprint density at radius 3 is 2.47 bits per heavy atom. The molecule has 0 aliphatic heterocycles. The van der Waals surface area contributed by atoms with Gasteiger partial charge < -0.3 is 4.74 Å². The van der Waals surface area contributed by atoms with Crippen LogP contribution in [0.3, 0.4) is 0 Å². The molecule has 1 unspecified atom stereocenters. The maximum absolute atomic E-state index is 5.49. The number of benzene rings is 1. The average Bonchev–Trinajstić information content (AvgIpc) is 2.74. The van der Waals surface area contributed by atoms with Crippen LogP contribution in [0.25, 0.3) is 0 Å². The maximum Gasteiger partial charge on any atom is 0.122 e. The van der Waals surface area contributed by atoms with E-state index in [4.69, 9.17) is 4.74 Å². The molecule has 0 radical (unpaired) electrons. The first-order valence-electron chi connectivity index (χ1n) is 7.53. The predicted molar refractivity (Wildman–Crippen MR) is 85.2 cm³/mol. The molecule has 1 nitrogen and oxygen atoms in total. The summed E-state index contributed by atoms with van der Waals surface area (Å²) < 4.78 is 5.49. The third-order valence-corrected chi connectivity index (χ3v) is 5.27. The van der Waals surface area contributed by atoms with E-state index in [9.17, 15) is 0 Å². The van der Waals surface area contributed by atoms with Gasteiger partial charge in [0, 0.05) is 5.33 Å². The van der Waals surface area contributed by atoms with Crippen LogP contribution in [0, 0.1) is 11.8 Å². The van der Waals surface area contributed by atoms with E-state index < -0.39 is 0 Å². The normalized spacial score (nSPS) is 18.8. The molecule has 19 heavy (non-hydrogen) atoms. The number of rotatable bonds is 5. The van der Waals surface area contributed by atoms with Crippen LogP contribution in [0.4, 0.5) is 0 Å². The molecule has 1 atom stereocenters. The Hall–Kier alpha value is -0.500. The number of alkyl halides is 1. The highest BCUT2D eigenvalue weighted by atomic mass is 79.9. The zero-order valence-corrected chi connectivity index (χ0v) is 13.5. The van der Waals surface area contributed by atoms with Gasteiger partial charge in [0.05, 0.1) is 7.11 Å². The summed E-state index contributed by atoms with van der Waals surface area (Å²) in [7, 11) is 1.77. The minimum Gasteiger partial charge on any atom is -0.496 e. The molecule has 1 aromatic rings. The lowest BCUT2D eigenvalue weighted by molar-refractivity contribution is 0.320. The molecule has 0 heterocycles. The molecule has 1 aromatic carbocycles. The second-order valence-corrected chi connectivity index (χ2v) is 6.33. The Bertz CT molecular complexity index is 369. The Morgan fingerprint density at radius 2 is 1.84 bits per heavy atom. The largest absolute Gasteiger partial charge is 0.496 e. The third-order valence-electron chi connectivity index (χ3n) is 4.44. The van der Waals surface area contributed by atoms with Crippen molar-refractivity contribution < 1.29 is 4.74 Å². The average molecular weight is 325 g/mol. The van der Waals surface area contributed by atoms with Crippen molar-refractivity contribution in [3.05, 3.63) is 29.8 Å². The molecule has 106 valence electrons. The van der Waals surface area contributed by atoms with Gasteiger partial charge in [-0.2, -0.15) is 0 Å². The van der Waals surface area contributed by atoms with Crippen LogP contribution in [0.2, 0.25) is 0 Å². The first-order chi connectivity index (χ1) is 9.35. The van der Waals surface area contributed by atoms with E-state index >= 15 is 0 Å². The van der Waals surface area contributed by atoms with Gasteiger partial charge in [0.2, 0.25) is 0 Å². The molecule has 1 fully saturated rings. The number of hydrogen-bond donors (Lipinski definition) is 0. The molecule has 0 spiro atoms. The van der Waals surface area contributed by atoms with Crippen LogP contribution in [0.5, 0.6) is 5.75 Å². The molecule has 2 rings (SSSR count). The Morgan fingerprint density at radius 1 is 1.16 bits per heavy atom. The van der Waals surface area contributed by atoms with Crippen LogP contribution in [0.15, 0.2) is 24.3 Å². The van der Waals surface area contributed by atoms with E-state index in [1.54, 1.807) is 7.11 Å². The first-order valence-corrected chi connectivity index (χ1v) is 8.65. The molecule has 0 aromatic heterocycles. The number of halogens is 1. The second kappa shape index (κ2) is 7.94. The van der Waals surface area contributed by atoms with Crippen LogP contribution >= 0.6 is 15.9 Å². The van der Waals surface area contributed by atoms with Crippen LogP contribution in [-0.2, 0) is 6.42 Å². The molecular weight excluding hydrogens is 300 g/mol. The summed E-state index contributed by atoms with van der Waals surface area (Å²) in [4.78, 5) is 0. The molecule has 1 aliphatic rings. The highest BCUT2D eigenvalue weighted by Crippen LogP contribution is 2.33. The third kappa shape index (κ3) is 4.24. The van der Waals surface area contributed by atoms with Gasteiger partial charge in [0.25, 0.3) is 0 Å². The Balaban J connectivity index is 2.05. The summed E-state index contributed by atoms with van der Waals surface area (Å²) in [5, 5.41) is 1.11. The number of hydrogen-bond acceptors (Lipinski definition) is 1. The van der Waals surface area contributed by atoms with Crippen molar-refractivity contribution in [1.29, 1.82) is 0 Å². The van der Waals surface area contributed by atoms with Crippen molar-refractivity contribution in [2.75, 3.05) is 12.4 Å². The molecule has 1 saturated carbocycles. The van der Waals surface area contributed by atoms with Crippen molar-refractivity contribution in [3.8, 4) is 5.75 Å². The van der Waals surface area contributed by atoms with Crippen molar-refractivity contribution in [2.45, 2.75) is 44.9 Å². The smallest absolute Gasteiger partial charge is 0.122 e. The van der Waals surface area contributed by atoms with Crippen molar-refractivity contribution in [2.24, 2.45) is 11.8 Å². The Kier molecular flexibility index (Phi) is 6.22. The van der Waals surface area contributed by atoms with Gasteiger partial charge in [-0.25, -0.2) is 0 Å². The zero-order valence-electron chi connectivity index (χ0n) is 11.9.